The summed E-state index contributed by atoms with van der Waals surface area (Å²) in [5.74, 6) is 0.840. The van der Waals surface area contributed by atoms with Gasteiger partial charge in [-0.3, -0.25) is 0 Å². The summed E-state index contributed by atoms with van der Waals surface area (Å²) in [6, 6.07) is 6.29. The fourth-order valence-electron chi connectivity index (χ4n) is 1.92. The standard InChI is InChI=1S/C14H13FN6/c1-9-4-5-10(15)8-11(9)12-18-13(16-2)20-14(19-12)21-7-3-6-17-21/h3-8H,1-2H3,(H,16,18,19,20). The highest BCUT2D eigenvalue weighted by molar-refractivity contribution is 5.61. The maximum Gasteiger partial charge on any atom is 0.255 e. The van der Waals surface area contributed by atoms with Crippen LogP contribution in [0.2, 0.25) is 0 Å². The van der Waals surface area contributed by atoms with E-state index >= 15 is 0 Å². The lowest BCUT2D eigenvalue weighted by atomic mass is 10.1. The van der Waals surface area contributed by atoms with Crippen LogP contribution in [-0.4, -0.2) is 31.8 Å². The van der Waals surface area contributed by atoms with Gasteiger partial charge in [0.1, 0.15) is 5.82 Å². The molecule has 1 N–H and O–H groups in total. The first-order chi connectivity index (χ1) is 10.2. The Kier molecular flexibility index (Phi) is 3.31. The van der Waals surface area contributed by atoms with E-state index in [9.17, 15) is 4.39 Å². The van der Waals surface area contributed by atoms with Crippen LogP contribution in [0.4, 0.5) is 10.3 Å². The average molecular weight is 284 g/mol. The van der Waals surface area contributed by atoms with E-state index in [-0.39, 0.29) is 5.82 Å². The van der Waals surface area contributed by atoms with Crippen LogP contribution in [0.25, 0.3) is 17.3 Å². The molecule has 0 radical (unpaired) electrons. The Morgan fingerprint density at radius 1 is 1.19 bits per heavy atom. The molecular formula is C14H13FN6. The number of rotatable bonds is 3. The second-order valence-corrected chi connectivity index (χ2v) is 4.44. The first kappa shape index (κ1) is 13.2. The van der Waals surface area contributed by atoms with Crippen LogP contribution in [0, 0.1) is 12.7 Å². The van der Waals surface area contributed by atoms with Crippen LogP contribution in [0.5, 0.6) is 0 Å². The Balaban J connectivity index is 2.18. The molecule has 106 valence electrons. The predicted molar refractivity (Wildman–Crippen MR) is 76.6 cm³/mol. The second kappa shape index (κ2) is 5.28. The van der Waals surface area contributed by atoms with E-state index in [4.69, 9.17) is 0 Å². The molecule has 0 unspecified atom stereocenters. The van der Waals surface area contributed by atoms with Gasteiger partial charge in [-0.25, -0.2) is 9.07 Å². The first-order valence-corrected chi connectivity index (χ1v) is 6.38. The zero-order valence-corrected chi connectivity index (χ0v) is 11.6. The van der Waals surface area contributed by atoms with Crippen LogP contribution in [-0.2, 0) is 0 Å². The molecule has 0 saturated carbocycles. The molecule has 1 aromatic carbocycles. The molecule has 7 heteroatoms. The molecule has 0 aliphatic heterocycles. The molecule has 0 amide bonds. The van der Waals surface area contributed by atoms with Crippen molar-refractivity contribution in [3.8, 4) is 17.3 Å². The van der Waals surface area contributed by atoms with Crippen LogP contribution in [0.3, 0.4) is 0 Å². The number of benzene rings is 1. The molecule has 0 aliphatic rings. The number of aromatic nitrogens is 5. The summed E-state index contributed by atoms with van der Waals surface area (Å²) in [6.07, 6.45) is 3.37. The highest BCUT2D eigenvalue weighted by atomic mass is 19.1. The quantitative estimate of drug-likeness (QED) is 0.798. The molecule has 0 atom stereocenters. The molecule has 0 saturated heterocycles. The van der Waals surface area contributed by atoms with Crippen LogP contribution >= 0.6 is 0 Å². The van der Waals surface area contributed by atoms with E-state index in [1.807, 2.05) is 6.92 Å². The Morgan fingerprint density at radius 3 is 2.76 bits per heavy atom. The van der Waals surface area contributed by atoms with Gasteiger partial charge < -0.3 is 5.32 Å². The maximum absolute atomic E-state index is 13.5. The van der Waals surface area contributed by atoms with Gasteiger partial charge in [0.15, 0.2) is 5.82 Å². The van der Waals surface area contributed by atoms with Crippen LogP contribution in [0.15, 0.2) is 36.7 Å². The summed E-state index contributed by atoms with van der Waals surface area (Å²) >= 11 is 0. The predicted octanol–water partition coefficient (Wildman–Crippen LogP) is 2.21. The monoisotopic (exact) mass is 284 g/mol. The Hall–Kier alpha value is -2.83. The molecule has 0 aliphatic carbocycles. The minimum Gasteiger partial charge on any atom is -0.357 e. The molecule has 6 nitrogen and oxygen atoms in total. The second-order valence-electron chi connectivity index (χ2n) is 4.44. The van der Waals surface area contributed by atoms with Gasteiger partial charge in [-0.1, -0.05) is 6.07 Å². The van der Waals surface area contributed by atoms with Crippen molar-refractivity contribution in [3.05, 3.63) is 48.0 Å². The van der Waals surface area contributed by atoms with Gasteiger partial charge in [0.25, 0.3) is 5.95 Å². The third-order valence-electron chi connectivity index (χ3n) is 3.00. The fourth-order valence-corrected chi connectivity index (χ4v) is 1.92. The number of halogens is 1. The summed E-state index contributed by atoms with van der Waals surface area (Å²) in [5.41, 5.74) is 1.51. The highest BCUT2D eigenvalue weighted by Gasteiger charge is 2.12. The van der Waals surface area contributed by atoms with Gasteiger partial charge in [-0.05, 0) is 30.7 Å². The fraction of sp³-hybridized carbons (Fsp3) is 0.143. The van der Waals surface area contributed by atoms with Crippen molar-refractivity contribution in [2.45, 2.75) is 6.92 Å². The molecule has 3 rings (SSSR count). The van der Waals surface area contributed by atoms with E-state index in [0.29, 0.717) is 23.3 Å². The van der Waals surface area contributed by atoms with E-state index in [1.54, 1.807) is 31.6 Å². The number of nitrogens with one attached hydrogen (secondary N) is 1. The summed E-state index contributed by atoms with van der Waals surface area (Å²) in [5, 5.41) is 6.98. The molecule has 21 heavy (non-hydrogen) atoms. The minimum atomic E-state index is -0.331. The molecule has 0 bridgehead atoms. The van der Waals surface area contributed by atoms with Crippen molar-refractivity contribution < 1.29 is 4.39 Å². The highest BCUT2D eigenvalue weighted by Crippen LogP contribution is 2.22. The van der Waals surface area contributed by atoms with Crippen molar-refractivity contribution in [1.29, 1.82) is 0 Å². The Bertz CT molecular complexity index is 769. The third-order valence-corrected chi connectivity index (χ3v) is 3.00. The smallest absolute Gasteiger partial charge is 0.255 e. The van der Waals surface area contributed by atoms with Gasteiger partial charge in [-0.15, -0.1) is 0 Å². The third kappa shape index (κ3) is 2.58. The van der Waals surface area contributed by atoms with Gasteiger partial charge >= 0.3 is 0 Å². The van der Waals surface area contributed by atoms with E-state index in [0.717, 1.165) is 5.56 Å². The Morgan fingerprint density at radius 2 is 2.05 bits per heavy atom. The number of anilines is 1. The molecule has 3 aromatic rings. The molecular weight excluding hydrogens is 271 g/mol. The van der Waals surface area contributed by atoms with Crippen molar-refractivity contribution >= 4 is 5.95 Å². The molecule has 0 spiro atoms. The first-order valence-electron chi connectivity index (χ1n) is 6.38. The van der Waals surface area contributed by atoms with E-state index in [1.165, 1.54) is 16.8 Å². The number of nitrogens with zero attached hydrogens (tertiary/aromatic N) is 5. The molecule has 2 aromatic heterocycles. The number of hydrogen-bond donors (Lipinski definition) is 1. The van der Waals surface area contributed by atoms with Crippen LogP contribution < -0.4 is 5.32 Å². The van der Waals surface area contributed by atoms with Gasteiger partial charge in [0.2, 0.25) is 5.95 Å². The molecule has 0 fully saturated rings. The summed E-state index contributed by atoms with van der Waals surface area (Å²) in [4.78, 5) is 12.9. The zero-order chi connectivity index (χ0) is 14.8. The van der Waals surface area contributed by atoms with Crippen molar-refractivity contribution in [1.82, 2.24) is 24.7 Å². The van der Waals surface area contributed by atoms with Gasteiger partial charge in [-0.2, -0.15) is 20.1 Å². The topological polar surface area (TPSA) is 68.5 Å². The lowest BCUT2D eigenvalue weighted by Crippen LogP contribution is -2.08. The van der Waals surface area contributed by atoms with Crippen molar-refractivity contribution in [2.75, 3.05) is 12.4 Å². The summed E-state index contributed by atoms with van der Waals surface area (Å²) in [7, 11) is 1.71. The lowest BCUT2D eigenvalue weighted by molar-refractivity contribution is 0.627. The SMILES string of the molecule is CNc1nc(-c2cc(F)ccc2C)nc(-n2cccn2)n1. The Labute approximate surface area is 120 Å². The van der Waals surface area contributed by atoms with Gasteiger partial charge in [0, 0.05) is 25.0 Å². The summed E-state index contributed by atoms with van der Waals surface area (Å²) < 4.78 is 15.0. The lowest BCUT2D eigenvalue weighted by Gasteiger charge is -2.08. The number of hydrogen-bond acceptors (Lipinski definition) is 5. The van der Waals surface area contributed by atoms with Crippen molar-refractivity contribution in [3.63, 3.8) is 0 Å². The average Bonchev–Trinajstić information content (AvgIpc) is 3.03. The minimum absolute atomic E-state index is 0.331. The summed E-state index contributed by atoms with van der Waals surface area (Å²) in [6.45, 7) is 1.88. The van der Waals surface area contributed by atoms with Crippen LogP contribution in [0.1, 0.15) is 5.56 Å². The van der Waals surface area contributed by atoms with E-state index < -0.39 is 0 Å². The van der Waals surface area contributed by atoms with E-state index in [2.05, 4.69) is 25.4 Å². The van der Waals surface area contributed by atoms with Crippen molar-refractivity contribution in [2.24, 2.45) is 0 Å². The largest absolute Gasteiger partial charge is 0.357 e. The van der Waals surface area contributed by atoms with Gasteiger partial charge in [0.05, 0.1) is 0 Å². The zero-order valence-electron chi connectivity index (χ0n) is 11.6. The normalized spacial score (nSPS) is 10.6. The maximum atomic E-state index is 13.5. The molecule has 2 heterocycles. The number of aryl methyl sites for hydroxylation is 1.